The lowest BCUT2D eigenvalue weighted by atomic mass is 10.2. The number of carbonyl (C=O) groups is 1. The SMILES string of the molecule is CCCCn1c(SCC(=O)/C(C#N)=C(\C)N)nc2ccccc2c1=O. The molecule has 0 amide bonds. The number of thioether (sulfide) groups is 1. The van der Waals surface area contributed by atoms with Crippen molar-refractivity contribution in [3.63, 3.8) is 0 Å². The van der Waals surface area contributed by atoms with E-state index in [2.05, 4.69) is 4.98 Å². The standard InChI is InChI=1S/C18H20N4O2S/c1-3-4-9-22-17(24)13-7-5-6-8-15(13)21-18(22)25-11-16(23)14(10-19)12(2)20/h5-8H,3-4,9,11,20H2,1-2H3/b14-12+. The topological polar surface area (TPSA) is 102 Å². The molecule has 1 aromatic carbocycles. The monoisotopic (exact) mass is 356 g/mol. The normalized spacial score (nSPS) is 11.9. The molecule has 2 N–H and O–H groups in total. The molecule has 0 aliphatic rings. The zero-order valence-corrected chi connectivity index (χ0v) is 15.1. The number of nitriles is 1. The third-order valence-electron chi connectivity index (χ3n) is 3.68. The number of ketones is 1. The Bertz CT molecular complexity index is 921. The number of nitrogens with zero attached hydrogens (tertiary/aromatic N) is 3. The van der Waals surface area contributed by atoms with E-state index in [1.165, 1.54) is 6.92 Å². The molecule has 2 rings (SSSR count). The highest BCUT2D eigenvalue weighted by molar-refractivity contribution is 7.99. The maximum atomic E-state index is 12.7. The van der Waals surface area contributed by atoms with E-state index < -0.39 is 0 Å². The number of nitrogens with two attached hydrogens (primary N) is 1. The van der Waals surface area contributed by atoms with Crippen LogP contribution >= 0.6 is 11.8 Å². The summed E-state index contributed by atoms with van der Waals surface area (Å²) in [4.78, 5) is 29.4. The lowest BCUT2D eigenvalue weighted by Gasteiger charge is -2.12. The number of fused-ring (bicyclic) bond motifs is 1. The first kappa shape index (κ1) is 18.7. The third kappa shape index (κ3) is 4.28. The summed E-state index contributed by atoms with van der Waals surface area (Å²) in [7, 11) is 0. The van der Waals surface area contributed by atoms with Gasteiger partial charge in [0.1, 0.15) is 11.6 Å². The van der Waals surface area contributed by atoms with Crippen molar-refractivity contribution in [3.05, 3.63) is 45.9 Å². The van der Waals surface area contributed by atoms with E-state index in [4.69, 9.17) is 11.0 Å². The molecule has 0 aliphatic heterocycles. The van der Waals surface area contributed by atoms with Crippen molar-refractivity contribution >= 4 is 28.4 Å². The van der Waals surface area contributed by atoms with Gasteiger partial charge in [-0.25, -0.2) is 4.98 Å². The second kappa shape index (κ2) is 8.49. The van der Waals surface area contributed by atoms with E-state index >= 15 is 0 Å². The molecule has 0 atom stereocenters. The highest BCUT2D eigenvalue weighted by Crippen LogP contribution is 2.19. The summed E-state index contributed by atoms with van der Waals surface area (Å²) >= 11 is 1.16. The van der Waals surface area contributed by atoms with Gasteiger partial charge in [0.2, 0.25) is 0 Å². The van der Waals surface area contributed by atoms with E-state index in [-0.39, 0.29) is 28.4 Å². The van der Waals surface area contributed by atoms with Crippen LogP contribution in [0.25, 0.3) is 10.9 Å². The van der Waals surface area contributed by atoms with Crippen LogP contribution in [0.1, 0.15) is 26.7 Å². The summed E-state index contributed by atoms with van der Waals surface area (Å²) in [5.41, 5.74) is 6.21. The molecular formula is C18H20N4O2S. The van der Waals surface area contributed by atoms with E-state index in [0.717, 1.165) is 24.6 Å². The molecule has 0 bridgehead atoms. The molecule has 0 radical (unpaired) electrons. The van der Waals surface area contributed by atoms with Crippen molar-refractivity contribution in [3.8, 4) is 6.07 Å². The molecule has 1 aromatic heterocycles. The van der Waals surface area contributed by atoms with Crippen LogP contribution in [0.2, 0.25) is 0 Å². The molecular weight excluding hydrogens is 336 g/mol. The van der Waals surface area contributed by atoms with Gasteiger partial charge in [-0.1, -0.05) is 37.2 Å². The van der Waals surface area contributed by atoms with Gasteiger partial charge in [-0.15, -0.1) is 0 Å². The number of hydrogen-bond donors (Lipinski definition) is 1. The van der Waals surface area contributed by atoms with Crippen molar-refractivity contribution in [2.45, 2.75) is 38.4 Å². The van der Waals surface area contributed by atoms with Gasteiger partial charge in [0.15, 0.2) is 10.9 Å². The van der Waals surface area contributed by atoms with E-state index in [1.807, 2.05) is 19.1 Å². The minimum atomic E-state index is -0.364. The number of aromatic nitrogens is 2. The highest BCUT2D eigenvalue weighted by atomic mass is 32.2. The number of rotatable bonds is 7. The zero-order chi connectivity index (χ0) is 18.4. The minimum Gasteiger partial charge on any atom is -0.401 e. The Labute approximate surface area is 150 Å². The quantitative estimate of drug-likeness (QED) is 0.354. The molecule has 25 heavy (non-hydrogen) atoms. The lowest BCUT2D eigenvalue weighted by molar-refractivity contribution is -0.112. The molecule has 0 aliphatic carbocycles. The number of benzene rings is 1. The van der Waals surface area contributed by atoms with Crippen molar-refractivity contribution in [2.24, 2.45) is 5.73 Å². The van der Waals surface area contributed by atoms with E-state index in [9.17, 15) is 9.59 Å². The largest absolute Gasteiger partial charge is 0.401 e. The fourth-order valence-electron chi connectivity index (χ4n) is 2.34. The van der Waals surface area contributed by atoms with Gasteiger partial charge >= 0.3 is 0 Å². The predicted molar refractivity (Wildman–Crippen MR) is 99.1 cm³/mol. The van der Waals surface area contributed by atoms with Crippen molar-refractivity contribution in [1.82, 2.24) is 9.55 Å². The summed E-state index contributed by atoms with van der Waals surface area (Å²) in [6.07, 6.45) is 1.78. The fraction of sp³-hybridized carbons (Fsp3) is 0.333. The Balaban J connectivity index is 2.39. The van der Waals surface area contributed by atoms with Gasteiger partial charge in [0, 0.05) is 12.2 Å². The molecule has 0 saturated carbocycles. The number of hydrogen-bond acceptors (Lipinski definition) is 6. The van der Waals surface area contributed by atoms with Crippen molar-refractivity contribution < 1.29 is 4.79 Å². The van der Waals surface area contributed by atoms with Crippen LogP contribution in [0, 0.1) is 11.3 Å². The van der Waals surface area contributed by atoms with Crippen LogP contribution in [0.4, 0.5) is 0 Å². The molecule has 1 heterocycles. The molecule has 0 unspecified atom stereocenters. The van der Waals surface area contributed by atoms with Crippen LogP contribution in [0.15, 0.2) is 45.5 Å². The molecule has 7 heteroatoms. The average molecular weight is 356 g/mol. The first-order valence-electron chi connectivity index (χ1n) is 8.01. The van der Waals surface area contributed by atoms with Crippen molar-refractivity contribution in [2.75, 3.05) is 5.75 Å². The Morgan fingerprint density at radius 3 is 2.76 bits per heavy atom. The summed E-state index contributed by atoms with van der Waals surface area (Å²) < 4.78 is 1.61. The zero-order valence-electron chi connectivity index (χ0n) is 14.3. The maximum absolute atomic E-state index is 12.7. The molecule has 6 nitrogen and oxygen atoms in total. The summed E-state index contributed by atoms with van der Waals surface area (Å²) in [5.74, 6) is -0.356. The van der Waals surface area contributed by atoms with Crippen LogP contribution in [0.3, 0.4) is 0 Å². The van der Waals surface area contributed by atoms with Crippen LogP contribution in [-0.2, 0) is 11.3 Å². The Morgan fingerprint density at radius 2 is 2.12 bits per heavy atom. The Morgan fingerprint density at radius 1 is 1.40 bits per heavy atom. The summed E-state index contributed by atoms with van der Waals surface area (Å²) in [5, 5.41) is 10.1. The smallest absolute Gasteiger partial charge is 0.262 e. The van der Waals surface area contributed by atoms with Crippen LogP contribution in [-0.4, -0.2) is 21.1 Å². The number of carbonyl (C=O) groups excluding carboxylic acids is 1. The summed E-state index contributed by atoms with van der Waals surface area (Å²) in [6.45, 7) is 4.11. The average Bonchev–Trinajstić information content (AvgIpc) is 2.59. The molecule has 130 valence electrons. The second-order valence-electron chi connectivity index (χ2n) is 5.60. The minimum absolute atomic E-state index is 0.00827. The summed E-state index contributed by atoms with van der Waals surface area (Å²) in [6, 6.07) is 8.98. The second-order valence-corrected chi connectivity index (χ2v) is 6.55. The number of unbranched alkanes of at least 4 members (excludes halogenated alkanes) is 1. The molecule has 0 spiro atoms. The fourth-order valence-corrected chi connectivity index (χ4v) is 3.24. The number of allylic oxidation sites excluding steroid dienone is 2. The van der Waals surface area contributed by atoms with E-state index in [0.29, 0.717) is 22.6 Å². The van der Waals surface area contributed by atoms with Gasteiger partial charge in [-0.3, -0.25) is 14.2 Å². The molecule has 0 fully saturated rings. The molecule has 2 aromatic rings. The first-order valence-corrected chi connectivity index (χ1v) is 9.00. The third-order valence-corrected chi connectivity index (χ3v) is 4.66. The van der Waals surface area contributed by atoms with Gasteiger partial charge < -0.3 is 5.73 Å². The number of para-hydroxylation sites is 1. The Hall–Kier alpha value is -2.59. The Kier molecular flexibility index (Phi) is 6.37. The maximum Gasteiger partial charge on any atom is 0.262 e. The number of Topliss-reactive ketones (excluding diaryl/α,β-unsaturated/α-hetero) is 1. The first-order chi connectivity index (χ1) is 12.0. The van der Waals surface area contributed by atoms with Crippen LogP contribution in [0.5, 0.6) is 0 Å². The van der Waals surface area contributed by atoms with Gasteiger partial charge in [-0.05, 0) is 25.5 Å². The van der Waals surface area contributed by atoms with Gasteiger partial charge in [-0.2, -0.15) is 5.26 Å². The van der Waals surface area contributed by atoms with Crippen LogP contribution < -0.4 is 11.3 Å². The molecule has 0 saturated heterocycles. The highest BCUT2D eigenvalue weighted by Gasteiger charge is 2.16. The van der Waals surface area contributed by atoms with Gasteiger partial charge in [0.05, 0.1) is 16.7 Å². The van der Waals surface area contributed by atoms with E-state index in [1.54, 1.807) is 22.8 Å². The predicted octanol–water partition coefficient (Wildman–Crippen LogP) is 2.61. The van der Waals surface area contributed by atoms with Crippen molar-refractivity contribution in [1.29, 1.82) is 5.26 Å². The van der Waals surface area contributed by atoms with Gasteiger partial charge in [0.25, 0.3) is 5.56 Å². The lowest BCUT2D eigenvalue weighted by Crippen LogP contribution is -2.24.